The van der Waals surface area contributed by atoms with E-state index in [4.69, 9.17) is 0 Å². The molecule has 1 aromatic carbocycles. The van der Waals surface area contributed by atoms with E-state index in [1.807, 2.05) is 48.1 Å². The van der Waals surface area contributed by atoms with Crippen molar-refractivity contribution in [2.45, 2.75) is 6.42 Å². The van der Waals surface area contributed by atoms with Crippen molar-refractivity contribution >= 4 is 28.4 Å². The molecule has 1 aliphatic rings. The lowest BCUT2D eigenvalue weighted by atomic mass is 10.1. The van der Waals surface area contributed by atoms with Gasteiger partial charge >= 0.3 is 0 Å². The third kappa shape index (κ3) is 3.29. The molecule has 0 saturated carbocycles. The number of nitrogens with zero attached hydrogens (tertiary/aromatic N) is 6. The third-order valence-electron chi connectivity index (χ3n) is 5.13. The molecule has 8 heteroatoms. The van der Waals surface area contributed by atoms with E-state index in [1.165, 1.54) is 0 Å². The number of anilines is 2. The summed E-state index contributed by atoms with van der Waals surface area (Å²) in [6.45, 7) is 1.96. The van der Waals surface area contributed by atoms with Crippen molar-refractivity contribution in [3.8, 4) is 11.3 Å². The lowest BCUT2D eigenvalue weighted by Crippen LogP contribution is -2.37. The first-order chi connectivity index (χ1) is 14.2. The molecule has 8 nitrogen and oxygen atoms in total. The van der Waals surface area contributed by atoms with Crippen LogP contribution in [0.3, 0.4) is 0 Å². The molecular weight excluding hydrogens is 366 g/mol. The zero-order valence-electron chi connectivity index (χ0n) is 15.9. The summed E-state index contributed by atoms with van der Waals surface area (Å²) in [4.78, 5) is 23.3. The number of hydrogen-bond donors (Lipinski definition) is 1. The molecule has 0 bridgehead atoms. The van der Waals surface area contributed by atoms with Gasteiger partial charge in [-0.25, -0.2) is 9.97 Å². The highest BCUT2D eigenvalue weighted by Gasteiger charge is 2.17. The number of benzene rings is 1. The van der Waals surface area contributed by atoms with Crippen molar-refractivity contribution in [1.29, 1.82) is 0 Å². The molecule has 0 atom stereocenters. The number of amides is 1. The van der Waals surface area contributed by atoms with Gasteiger partial charge in [-0.1, -0.05) is 6.07 Å². The molecule has 0 spiro atoms. The second-order valence-electron chi connectivity index (χ2n) is 7.09. The molecule has 3 aromatic heterocycles. The third-order valence-corrected chi connectivity index (χ3v) is 5.13. The molecule has 5 rings (SSSR count). The summed E-state index contributed by atoms with van der Waals surface area (Å²) in [5, 5.41) is 12.1. The van der Waals surface area contributed by atoms with Crippen molar-refractivity contribution in [3.05, 3.63) is 60.7 Å². The molecule has 1 fully saturated rings. The predicted octanol–water partition coefficient (Wildman–Crippen LogP) is 2.89. The Bertz CT molecular complexity index is 1210. The summed E-state index contributed by atoms with van der Waals surface area (Å²) in [5.74, 6) is 1.01. The minimum absolute atomic E-state index is 0.231. The van der Waals surface area contributed by atoms with Gasteiger partial charge in [-0.15, -0.1) is 10.2 Å². The van der Waals surface area contributed by atoms with Crippen LogP contribution in [0.2, 0.25) is 0 Å². The number of carbonyl (C=O) groups is 1. The minimum Gasteiger partial charge on any atom is -0.356 e. The molecule has 0 aliphatic carbocycles. The maximum atomic E-state index is 12.7. The van der Waals surface area contributed by atoms with Gasteiger partial charge in [0.25, 0.3) is 5.91 Å². The minimum atomic E-state index is -0.231. The Kier molecular flexibility index (Phi) is 4.16. The fourth-order valence-electron chi connectivity index (χ4n) is 3.37. The summed E-state index contributed by atoms with van der Waals surface area (Å²) < 4.78 is 1.96. The number of pyridine rings is 1. The molecule has 1 N–H and O–H groups in total. The van der Waals surface area contributed by atoms with Crippen molar-refractivity contribution in [3.63, 3.8) is 0 Å². The number of rotatable bonds is 4. The topological polar surface area (TPSA) is 88.8 Å². The second kappa shape index (κ2) is 6.97. The average Bonchev–Trinajstić information content (AvgIpc) is 3.12. The van der Waals surface area contributed by atoms with E-state index in [1.54, 1.807) is 18.6 Å². The fraction of sp³-hybridized carbons (Fsp3) is 0.190. The van der Waals surface area contributed by atoms with E-state index < -0.39 is 0 Å². The van der Waals surface area contributed by atoms with Gasteiger partial charge < -0.3 is 14.8 Å². The maximum absolute atomic E-state index is 12.7. The number of carbonyl (C=O) groups excluding carboxylic acids is 1. The van der Waals surface area contributed by atoms with Crippen LogP contribution in [-0.4, -0.2) is 43.7 Å². The van der Waals surface area contributed by atoms with Crippen LogP contribution >= 0.6 is 0 Å². The molecule has 0 radical (unpaired) electrons. The normalized spacial score (nSPS) is 13.3. The SMILES string of the molecule is Cn1cncc1-c1ccc2nnc(NC(=O)c3ccnc(N4CCC4)c3)cc2c1. The van der Waals surface area contributed by atoms with Crippen molar-refractivity contribution in [2.24, 2.45) is 7.05 Å². The summed E-state index contributed by atoms with van der Waals surface area (Å²) in [6, 6.07) is 11.3. The average molecular weight is 385 g/mol. The predicted molar refractivity (Wildman–Crippen MR) is 111 cm³/mol. The number of aromatic nitrogens is 5. The number of aryl methyl sites for hydroxylation is 1. The lowest BCUT2D eigenvalue weighted by molar-refractivity contribution is 0.102. The van der Waals surface area contributed by atoms with Crippen LogP contribution in [-0.2, 0) is 7.05 Å². The van der Waals surface area contributed by atoms with E-state index in [-0.39, 0.29) is 5.91 Å². The van der Waals surface area contributed by atoms with Gasteiger partial charge in [-0.3, -0.25) is 4.79 Å². The van der Waals surface area contributed by atoms with Gasteiger partial charge in [0.2, 0.25) is 0 Å². The van der Waals surface area contributed by atoms with E-state index in [0.717, 1.165) is 47.5 Å². The molecule has 144 valence electrons. The highest BCUT2D eigenvalue weighted by molar-refractivity contribution is 6.04. The monoisotopic (exact) mass is 385 g/mol. The molecule has 4 heterocycles. The highest BCUT2D eigenvalue weighted by Crippen LogP contribution is 2.24. The van der Waals surface area contributed by atoms with Gasteiger partial charge in [0.05, 0.1) is 23.7 Å². The van der Waals surface area contributed by atoms with E-state index in [9.17, 15) is 4.79 Å². The largest absolute Gasteiger partial charge is 0.356 e. The van der Waals surface area contributed by atoms with E-state index in [0.29, 0.717) is 11.4 Å². The van der Waals surface area contributed by atoms with Crippen LogP contribution in [0.5, 0.6) is 0 Å². The lowest BCUT2D eigenvalue weighted by Gasteiger charge is -2.32. The van der Waals surface area contributed by atoms with Gasteiger partial charge in [-0.2, -0.15) is 0 Å². The number of fused-ring (bicyclic) bond motifs is 1. The Labute approximate surface area is 167 Å². The Balaban J connectivity index is 1.41. The molecule has 1 aliphatic heterocycles. The van der Waals surface area contributed by atoms with Gasteiger partial charge in [0.15, 0.2) is 5.82 Å². The smallest absolute Gasteiger partial charge is 0.257 e. The number of imidazole rings is 1. The van der Waals surface area contributed by atoms with Crippen molar-refractivity contribution in [2.75, 3.05) is 23.3 Å². The second-order valence-corrected chi connectivity index (χ2v) is 7.09. The number of hydrogen-bond acceptors (Lipinski definition) is 6. The molecule has 29 heavy (non-hydrogen) atoms. The van der Waals surface area contributed by atoms with Gasteiger partial charge in [0, 0.05) is 42.8 Å². The van der Waals surface area contributed by atoms with Crippen LogP contribution in [0, 0.1) is 0 Å². The highest BCUT2D eigenvalue weighted by atomic mass is 16.1. The molecule has 1 amide bonds. The molecule has 4 aromatic rings. The standard InChI is InChI=1S/C21H19N7O/c1-27-13-22-12-18(27)14-3-4-17-16(9-14)10-19(26-25-17)24-21(29)15-5-6-23-20(11-15)28-7-2-8-28/h3-6,9-13H,2,7-8H2,1H3,(H,24,26,29). The van der Waals surface area contributed by atoms with Crippen LogP contribution in [0.4, 0.5) is 11.6 Å². The van der Waals surface area contributed by atoms with Crippen molar-refractivity contribution in [1.82, 2.24) is 24.7 Å². The van der Waals surface area contributed by atoms with Crippen LogP contribution in [0.1, 0.15) is 16.8 Å². The summed E-state index contributed by atoms with van der Waals surface area (Å²) >= 11 is 0. The van der Waals surface area contributed by atoms with E-state index >= 15 is 0 Å². The van der Waals surface area contributed by atoms with Crippen molar-refractivity contribution < 1.29 is 4.79 Å². The fourth-order valence-corrected chi connectivity index (χ4v) is 3.37. The van der Waals surface area contributed by atoms with E-state index in [2.05, 4.69) is 30.4 Å². The Morgan fingerprint density at radius 2 is 2.00 bits per heavy atom. The van der Waals surface area contributed by atoms with Gasteiger partial charge in [0.1, 0.15) is 5.82 Å². The molecule has 0 unspecified atom stereocenters. The first kappa shape index (κ1) is 17.3. The Morgan fingerprint density at radius 3 is 2.76 bits per heavy atom. The molecule has 1 saturated heterocycles. The summed E-state index contributed by atoms with van der Waals surface area (Å²) in [7, 11) is 1.95. The van der Waals surface area contributed by atoms with Crippen LogP contribution in [0.15, 0.2) is 55.1 Å². The first-order valence-corrected chi connectivity index (χ1v) is 9.44. The Morgan fingerprint density at radius 1 is 1.10 bits per heavy atom. The zero-order chi connectivity index (χ0) is 19.8. The van der Waals surface area contributed by atoms with Crippen LogP contribution in [0.25, 0.3) is 22.2 Å². The maximum Gasteiger partial charge on any atom is 0.257 e. The first-order valence-electron chi connectivity index (χ1n) is 9.44. The van der Waals surface area contributed by atoms with Gasteiger partial charge in [-0.05, 0) is 36.8 Å². The quantitative estimate of drug-likeness (QED) is 0.581. The van der Waals surface area contributed by atoms with Crippen LogP contribution < -0.4 is 10.2 Å². The number of nitrogens with one attached hydrogen (secondary N) is 1. The summed E-state index contributed by atoms with van der Waals surface area (Å²) in [6.07, 6.45) is 6.40. The Hall–Kier alpha value is -3.81. The zero-order valence-corrected chi connectivity index (χ0v) is 15.9. The molecular formula is C21H19N7O. The summed E-state index contributed by atoms with van der Waals surface area (Å²) in [5.41, 5.74) is 3.34.